The number of rotatable bonds is 12. The second kappa shape index (κ2) is 12.6. The van der Waals surface area contributed by atoms with Gasteiger partial charge in [-0.2, -0.15) is 0 Å². The van der Waals surface area contributed by atoms with Crippen molar-refractivity contribution >= 4 is 23.7 Å². The number of carbonyl (C=O) groups is 4. The van der Waals surface area contributed by atoms with Crippen LogP contribution in [-0.2, 0) is 25.6 Å². The van der Waals surface area contributed by atoms with Crippen molar-refractivity contribution in [2.45, 2.75) is 44.8 Å². The Kier molecular flexibility index (Phi) is 10.5. The maximum atomic E-state index is 12.8. The van der Waals surface area contributed by atoms with E-state index < -0.39 is 48.4 Å². The summed E-state index contributed by atoms with van der Waals surface area (Å²) in [6.07, 6.45) is 0.624. The van der Waals surface area contributed by atoms with E-state index in [-0.39, 0.29) is 18.9 Å². The molecular formula is C20H30N4O6. The highest BCUT2D eigenvalue weighted by Gasteiger charge is 2.31. The van der Waals surface area contributed by atoms with Gasteiger partial charge in [0.05, 0.1) is 13.2 Å². The Hall–Kier alpha value is -2.98. The van der Waals surface area contributed by atoms with Gasteiger partial charge in [-0.3, -0.25) is 14.4 Å². The van der Waals surface area contributed by atoms with Gasteiger partial charge in [0.2, 0.25) is 17.7 Å². The molecule has 0 heterocycles. The van der Waals surface area contributed by atoms with E-state index in [1.54, 1.807) is 37.3 Å². The fourth-order valence-corrected chi connectivity index (χ4v) is 2.72. The first-order chi connectivity index (χ1) is 14.2. The molecule has 4 unspecified atom stereocenters. The van der Waals surface area contributed by atoms with E-state index >= 15 is 0 Å². The molecule has 0 radical (unpaired) electrons. The van der Waals surface area contributed by atoms with E-state index in [1.165, 1.54) is 0 Å². The number of nitrogens with two attached hydrogens (primary N) is 1. The van der Waals surface area contributed by atoms with Crippen LogP contribution >= 0.6 is 0 Å². The molecule has 0 bridgehead atoms. The molecule has 0 spiro atoms. The largest absolute Gasteiger partial charge is 0.480 e. The van der Waals surface area contributed by atoms with Gasteiger partial charge in [-0.15, -0.1) is 0 Å². The second-order valence-electron chi connectivity index (χ2n) is 6.97. The van der Waals surface area contributed by atoms with Crippen molar-refractivity contribution in [3.63, 3.8) is 0 Å². The lowest BCUT2D eigenvalue weighted by Crippen LogP contribution is -2.58. The standard InChI is InChI=1S/C20H30N4O6/c1-3-12(2)17(20(29)30)24-18(27)14(9-13-7-5-4-6-8-13)23-19(28)15(11-25)22-16(26)10-21/h4-8,12,14-15,17,25H,3,9-11,21H2,1-2H3,(H,22,26)(H,23,28)(H,24,27)(H,29,30). The summed E-state index contributed by atoms with van der Waals surface area (Å²) in [7, 11) is 0. The number of aliphatic hydroxyl groups excluding tert-OH is 1. The van der Waals surface area contributed by atoms with Crippen LogP contribution in [0.15, 0.2) is 30.3 Å². The molecule has 0 aromatic heterocycles. The number of nitrogens with one attached hydrogen (secondary N) is 3. The quantitative estimate of drug-likeness (QED) is 0.245. The van der Waals surface area contributed by atoms with Crippen LogP contribution in [0.25, 0.3) is 0 Å². The van der Waals surface area contributed by atoms with Gasteiger partial charge in [-0.25, -0.2) is 4.79 Å². The SMILES string of the molecule is CCC(C)C(NC(=O)C(Cc1ccccc1)NC(=O)C(CO)NC(=O)CN)C(=O)O. The highest BCUT2D eigenvalue weighted by Crippen LogP contribution is 2.10. The zero-order chi connectivity index (χ0) is 22.7. The Labute approximate surface area is 175 Å². The van der Waals surface area contributed by atoms with Gasteiger partial charge >= 0.3 is 5.97 Å². The minimum absolute atomic E-state index is 0.0915. The van der Waals surface area contributed by atoms with Crippen LogP contribution in [-0.4, -0.2) is 65.2 Å². The lowest BCUT2D eigenvalue weighted by Gasteiger charge is -2.26. The van der Waals surface area contributed by atoms with Crippen LogP contribution < -0.4 is 21.7 Å². The molecule has 30 heavy (non-hydrogen) atoms. The van der Waals surface area contributed by atoms with Gasteiger partial charge < -0.3 is 31.9 Å². The van der Waals surface area contributed by atoms with Crippen molar-refractivity contribution in [1.82, 2.24) is 16.0 Å². The molecule has 0 fully saturated rings. The van der Waals surface area contributed by atoms with Gasteiger partial charge in [0.1, 0.15) is 18.1 Å². The third kappa shape index (κ3) is 7.80. The van der Waals surface area contributed by atoms with Crippen molar-refractivity contribution in [3.8, 4) is 0 Å². The maximum absolute atomic E-state index is 12.8. The van der Waals surface area contributed by atoms with Crippen LogP contribution in [0.5, 0.6) is 0 Å². The summed E-state index contributed by atoms with van der Waals surface area (Å²) in [6, 6.07) is 5.32. The van der Waals surface area contributed by atoms with Gasteiger partial charge in [-0.05, 0) is 11.5 Å². The van der Waals surface area contributed by atoms with Crippen LogP contribution in [0.1, 0.15) is 25.8 Å². The van der Waals surface area contributed by atoms with Gasteiger partial charge in [0.15, 0.2) is 0 Å². The van der Waals surface area contributed by atoms with Crippen LogP contribution in [0.2, 0.25) is 0 Å². The zero-order valence-electron chi connectivity index (χ0n) is 17.1. The average molecular weight is 422 g/mol. The second-order valence-corrected chi connectivity index (χ2v) is 6.97. The molecule has 7 N–H and O–H groups in total. The topological polar surface area (TPSA) is 171 Å². The summed E-state index contributed by atoms with van der Waals surface area (Å²) in [5, 5.41) is 26.1. The Morgan fingerprint density at radius 2 is 1.60 bits per heavy atom. The summed E-state index contributed by atoms with van der Waals surface area (Å²) >= 11 is 0. The predicted octanol–water partition coefficient (Wildman–Crippen LogP) is -1.23. The molecule has 0 aliphatic heterocycles. The fraction of sp³-hybridized carbons (Fsp3) is 0.500. The Balaban J connectivity index is 3.03. The number of carbonyl (C=O) groups excluding carboxylic acids is 3. The number of amides is 3. The summed E-state index contributed by atoms with van der Waals surface area (Å²) in [4.78, 5) is 48.4. The van der Waals surface area contributed by atoms with Crippen molar-refractivity contribution in [1.29, 1.82) is 0 Å². The normalized spacial score (nSPS) is 14.7. The molecule has 3 amide bonds. The zero-order valence-corrected chi connectivity index (χ0v) is 17.1. The smallest absolute Gasteiger partial charge is 0.326 e. The molecule has 1 aromatic carbocycles. The van der Waals surface area contributed by atoms with Gasteiger partial charge in [0, 0.05) is 6.42 Å². The highest BCUT2D eigenvalue weighted by molar-refractivity contribution is 5.93. The van der Waals surface area contributed by atoms with Crippen molar-refractivity contribution < 1.29 is 29.4 Å². The number of aliphatic hydroxyl groups is 1. The third-order valence-corrected chi connectivity index (χ3v) is 4.71. The van der Waals surface area contributed by atoms with E-state index in [4.69, 9.17) is 5.73 Å². The molecular weight excluding hydrogens is 392 g/mol. The van der Waals surface area contributed by atoms with Gasteiger partial charge in [0.25, 0.3) is 0 Å². The Bertz CT molecular complexity index is 727. The summed E-state index contributed by atoms with van der Waals surface area (Å²) in [5.41, 5.74) is 5.94. The minimum Gasteiger partial charge on any atom is -0.480 e. The van der Waals surface area contributed by atoms with E-state index in [0.29, 0.717) is 6.42 Å². The molecule has 1 aromatic rings. The van der Waals surface area contributed by atoms with E-state index in [9.17, 15) is 29.4 Å². The number of carboxylic acids is 1. The number of carboxylic acid groups (broad SMARTS) is 1. The minimum atomic E-state index is -1.29. The van der Waals surface area contributed by atoms with Crippen LogP contribution in [0.4, 0.5) is 0 Å². The molecule has 0 saturated heterocycles. The summed E-state index contributed by atoms with van der Waals surface area (Å²) < 4.78 is 0. The van der Waals surface area contributed by atoms with E-state index in [0.717, 1.165) is 5.56 Å². The van der Waals surface area contributed by atoms with Crippen LogP contribution in [0.3, 0.4) is 0 Å². The number of hydrogen-bond acceptors (Lipinski definition) is 6. The lowest BCUT2D eigenvalue weighted by atomic mass is 9.98. The van der Waals surface area contributed by atoms with Gasteiger partial charge in [-0.1, -0.05) is 50.6 Å². The number of hydrogen-bond donors (Lipinski definition) is 6. The third-order valence-electron chi connectivity index (χ3n) is 4.71. The molecule has 10 nitrogen and oxygen atoms in total. The Morgan fingerprint density at radius 1 is 1.00 bits per heavy atom. The number of benzene rings is 1. The maximum Gasteiger partial charge on any atom is 0.326 e. The summed E-state index contributed by atoms with van der Waals surface area (Å²) in [5.74, 6) is -3.61. The molecule has 1 rings (SSSR count). The van der Waals surface area contributed by atoms with E-state index in [2.05, 4.69) is 16.0 Å². The molecule has 0 saturated carbocycles. The lowest BCUT2D eigenvalue weighted by molar-refractivity contribution is -0.143. The number of aliphatic carboxylic acids is 1. The fourth-order valence-electron chi connectivity index (χ4n) is 2.72. The molecule has 0 aliphatic rings. The van der Waals surface area contributed by atoms with Crippen molar-refractivity contribution in [2.75, 3.05) is 13.2 Å². The first-order valence-electron chi connectivity index (χ1n) is 9.71. The average Bonchev–Trinajstić information content (AvgIpc) is 2.74. The predicted molar refractivity (Wildman–Crippen MR) is 109 cm³/mol. The van der Waals surface area contributed by atoms with Crippen molar-refractivity contribution in [3.05, 3.63) is 35.9 Å². The Morgan fingerprint density at radius 3 is 2.10 bits per heavy atom. The highest BCUT2D eigenvalue weighted by atomic mass is 16.4. The molecule has 4 atom stereocenters. The van der Waals surface area contributed by atoms with Crippen LogP contribution in [0, 0.1) is 5.92 Å². The molecule has 10 heteroatoms. The summed E-state index contributed by atoms with van der Waals surface area (Å²) in [6.45, 7) is 2.45. The van der Waals surface area contributed by atoms with E-state index in [1.807, 2.05) is 6.92 Å². The molecule has 166 valence electrons. The van der Waals surface area contributed by atoms with Crippen molar-refractivity contribution in [2.24, 2.45) is 11.7 Å². The first kappa shape index (κ1) is 25.1. The first-order valence-corrected chi connectivity index (χ1v) is 9.71. The molecule has 0 aliphatic carbocycles. The monoisotopic (exact) mass is 422 g/mol.